The minimum atomic E-state index is -0.123. The number of hydrogen-bond donors (Lipinski definition) is 2. The third kappa shape index (κ3) is 3.99. The molecule has 0 radical (unpaired) electrons. The van der Waals surface area contributed by atoms with Crippen LogP contribution >= 0.6 is 0 Å². The number of nitrogens with zero attached hydrogens (tertiary/aromatic N) is 6. The van der Waals surface area contributed by atoms with E-state index in [4.69, 9.17) is 5.73 Å². The van der Waals surface area contributed by atoms with Crippen molar-refractivity contribution < 1.29 is 4.79 Å². The lowest BCUT2D eigenvalue weighted by Gasteiger charge is -2.30. The number of amides is 1. The van der Waals surface area contributed by atoms with Gasteiger partial charge in [0.25, 0.3) is 5.91 Å². The first-order valence-electron chi connectivity index (χ1n) is 9.27. The minimum Gasteiger partial charge on any atom is -0.364 e. The second-order valence-corrected chi connectivity index (χ2v) is 6.75. The highest BCUT2D eigenvalue weighted by atomic mass is 16.2. The van der Waals surface area contributed by atoms with E-state index >= 15 is 0 Å². The van der Waals surface area contributed by atoms with Crippen molar-refractivity contribution in [2.24, 2.45) is 5.73 Å². The van der Waals surface area contributed by atoms with Crippen LogP contribution in [0.2, 0.25) is 0 Å². The quantitative estimate of drug-likeness (QED) is 0.686. The zero-order chi connectivity index (χ0) is 19.3. The van der Waals surface area contributed by atoms with Gasteiger partial charge in [-0.25, -0.2) is 9.67 Å². The fourth-order valence-electron chi connectivity index (χ4n) is 3.25. The summed E-state index contributed by atoms with van der Waals surface area (Å²) < 4.78 is 1.72. The summed E-state index contributed by atoms with van der Waals surface area (Å²) >= 11 is 0. The maximum Gasteiger partial charge on any atom is 0.274 e. The number of likely N-dealkylation sites (tertiary alicyclic amines) is 1. The van der Waals surface area contributed by atoms with Crippen LogP contribution in [-0.2, 0) is 6.54 Å². The number of anilines is 1. The van der Waals surface area contributed by atoms with Crippen molar-refractivity contribution >= 4 is 11.7 Å². The predicted octanol–water partition coefficient (Wildman–Crippen LogP) is 1.23. The monoisotopic (exact) mass is 378 g/mol. The fourth-order valence-corrected chi connectivity index (χ4v) is 3.25. The molecule has 4 rings (SSSR count). The third-order valence-electron chi connectivity index (χ3n) is 4.68. The zero-order valence-electron chi connectivity index (χ0n) is 15.4. The molecule has 4 heterocycles. The Hall–Kier alpha value is -3.33. The third-order valence-corrected chi connectivity index (χ3v) is 4.68. The largest absolute Gasteiger partial charge is 0.364 e. The molecule has 1 aliphatic rings. The van der Waals surface area contributed by atoms with E-state index in [1.807, 2.05) is 24.4 Å². The standard InChI is InChI=1S/C19H22N8O/c20-15-5-2-10-26(13-15)19(28)16-6-7-17(25-24-16)22-12-14-4-1-8-21-18(14)27-11-3-9-23-27/h1,3-4,6-9,11,15H,2,5,10,12-13,20H2,(H,22,25). The first kappa shape index (κ1) is 18.1. The van der Waals surface area contributed by atoms with Crippen LogP contribution in [0, 0.1) is 0 Å². The van der Waals surface area contributed by atoms with Gasteiger partial charge in [0.2, 0.25) is 0 Å². The van der Waals surface area contributed by atoms with Crippen LogP contribution in [0.4, 0.5) is 5.82 Å². The average Bonchev–Trinajstić information content (AvgIpc) is 3.27. The molecule has 3 aromatic rings. The van der Waals surface area contributed by atoms with Gasteiger partial charge >= 0.3 is 0 Å². The van der Waals surface area contributed by atoms with Gasteiger partial charge in [-0.3, -0.25) is 4.79 Å². The number of nitrogens with two attached hydrogens (primary N) is 1. The summed E-state index contributed by atoms with van der Waals surface area (Å²) in [5.41, 5.74) is 7.26. The van der Waals surface area contributed by atoms with E-state index in [0.717, 1.165) is 24.2 Å². The lowest BCUT2D eigenvalue weighted by molar-refractivity contribution is 0.0701. The van der Waals surface area contributed by atoms with Gasteiger partial charge < -0.3 is 16.0 Å². The van der Waals surface area contributed by atoms with Crippen LogP contribution in [0.5, 0.6) is 0 Å². The van der Waals surface area contributed by atoms with Gasteiger partial charge in [0.05, 0.1) is 0 Å². The van der Waals surface area contributed by atoms with Gasteiger partial charge in [0.15, 0.2) is 11.5 Å². The Morgan fingerprint density at radius 2 is 2.14 bits per heavy atom. The summed E-state index contributed by atoms with van der Waals surface area (Å²) in [6, 6.07) is 9.18. The number of pyridine rings is 1. The first-order valence-corrected chi connectivity index (χ1v) is 9.27. The Bertz CT molecular complexity index is 925. The Morgan fingerprint density at radius 1 is 1.21 bits per heavy atom. The smallest absolute Gasteiger partial charge is 0.274 e. The molecular formula is C19H22N8O. The van der Waals surface area contributed by atoms with Crippen molar-refractivity contribution in [2.75, 3.05) is 18.4 Å². The van der Waals surface area contributed by atoms with Gasteiger partial charge in [0.1, 0.15) is 5.82 Å². The molecule has 1 saturated heterocycles. The number of carbonyl (C=O) groups is 1. The van der Waals surface area contributed by atoms with Crippen LogP contribution < -0.4 is 11.1 Å². The van der Waals surface area contributed by atoms with E-state index < -0.39 is 0 Å². The molecular weight excluding hydrogens is 356 g/mol. The molecule has 3 aromatic heterocycles. The van der Waals surface area contributed by atoms with Crippen LogP contribution in [0.25, 0.3) is 5.82 Å². The van der Waals surface area contributed by atoms with Crippen LogP contribution in [-0.4, -0.2) is 54.9 Å². The van der Waals surface area contributed by atoms with Crippen molar-refractivity contribution in [2.45, 2.75) is 25.4 Å². The van der Waals surface area contributed by atoms with Crippen LogP contribution in [0.1, 0.15) is 28.9 Å². The van der Waals surface area contributed by atoms with Gasteiger partial charge in [-0.2, -0.15) is 5.10 Å². The lowest BCUT2D eigenvalue weighted by atomic mass is 10.1. The van der Waals surface area contributed by atoms with Crippen molar-refractivity contribution in [1.29, 1.82) is 0 Å². The molecule has 1 atom stereocenters. The van der Waals surface area contributed by atoms with E-state index in [9.17, 15) is 4.79 Å². The maximum atomic E-state index is 12.5. The number of rotatable bonds is 5. The highest BCUT2D eigenvalue weighted by molar-refractivity contribution is 5.92. The molecule has 0 bridgehead atoms. The molecule has 144 valence electrons. The molecule has 0 spiro atoms. The van der Waals surface area contributed by atoms with Crippen molar-refractivity contribution in [3.63, 3.8) is 0 Å². The minimum absolute atomic E-state index is 0.0371. The van der Waals surface area contributed by atoms with Gasteiger partial charge in [-0.05, 0) is 37.1 Å². The SMILES string of the molecule is NC1CCCN(C(=O)c2ccc(NCc3cccnc3-n3cccn3)nn2)C1. The molecule has 1 unspecified atom stereocenters. The van der Waals surface area contributed by atoms with Gasteiger partial charge in [0, 0.05) is 49.8 Å². The van der Waals surface area contributed by atoms with E-state index in [-0.39, 0.29) is 11.9 Å². The van der Waals surface area contributed by atoms with Crippen molar-refractivity contribution in [3.8, 4) is 5.82 Å². The van der Waals surface area contributed by atoms with Gasteiger partial charge in [-0.15, -0.1) is 10.2 Å². The summed E-state index contributed by atoms with van der Waals surface area (Å²) in [7, 11) is 0. The highest BCUT2D eigenvalue weighted by Gasteiger charge is 2.23. The van der Waals surface area contributed by atoms with E-state index in [2.05, 4.69) is 25.6 Å². The second kappa shape index (κ2) is 8.13. The molecule has 28 heavy (non-hydrogen) atoms. The summed E-state index contributed by atoms with van der Waals surface area (Å²) in [6.07, 6.45) is 7.16. The molecule has 1 fully saturated rings. The number of nitrogens with one attached hydrogen (secondary N) is 1. The summed E-state index contributed by atoms with van der Waals surface area (Å²) in [5, 5.41) is 15.7. The maximum absolute atomic E-state index is 12.5. The average molecular weight is 378 g/mol. The Morgan fingerprint density at radius 3 is 2.89 bits per heavy atom. The Labute approximate surface area is 162 Å². The normalized spacial score (nSPS) is 16.8. The predicted molar refractivity (Wildman–Crippen MR) is 104 cm³/mol. The van der Waals surface area contributed by atoms with E-state index in [1.165, 1.54) is 0 Å². The van der Waals surface area contributed by atoms with Gasteiger partial charge in [-0.1, -0.05) is 6.07 Å². The topological polar surface area (TPSA) is 115 Å². The molecule has 9 nitrogen and oxygen atoms in total. The first-order chi connectivity index (χ1) is 13.7. The molecule has 0 aromatic carbocycles. The van der Waals surface area contributed by atoms with E-state index in [0.29, 0.717) is 31.1 Å². The molecule has 3 N–H and O–H groups in total. The van der Waals surface area contributed by atoms with Crippen molar-refractivity contribution in [1.82, 2.24) is 29.9 Å². The summed E-state index contributed by atoms with van der Waals surface area (Å²) in [5.74, 6) is 1.21. The molecule has 1 aliphatic heterocycles. The Balaban J connectivity index is 1.41. The van der Waals surface area contributed by atoms with E-state index in [1.54, 1.807) is 34.1 Å². The lowest BCUT2D eigenvalue weighted by Crippen LogP contribution is -2.45. The number of aromatic nitrogens is 5. The fraction of sp³-hybridized carbons (Fsp3) is 0.316. The highest BCUT2D eigenvalue weighted by Crippen LogP contribution is 2.14. The molecule has 1 amide bonds. The van der Waals surface area contributed by atoms with Crippen LogP contribution in [0.3, 0.4) is 0 Å². The Kier molecular flexibility index (Phi) is 5.24. The molecule has 0 saturated carbocycles. The number of carbonyl (C=O) groups excluding carboxylic acids is 1. The summed E-state index contributed by atoms with van der Waals surface area (Å²) in [4.78, 5) is 18.7. The zero-order valence-corrected chi connectivity index (χ0v) is 15.4. The molecule has 9 heteroatoms. The van der Waals surface area contributed by atoms with Crippen molar-refractivity contribution in [3.05, 3.63) is 60.2 Å². The second-order valence-electron chi connectivity index (χ2n) is 6.75. The van der Waals surface area contributed by atoms with Crippen LogP contribution in [0.15, 0.2) is 48.9 Å². The number of hydrogen-bond acceptors (Lipinski definition) is 7. The molecule has 0 aliphatic carbocycles. The summed E-state index contributed by atoms with van der Waals surface area (Å²) in [6.45, 7) is 1.79. The number of piperidine rings is 1.